The van der Waals surface area contributed by atoms with Crippen LogP contribution in [0, 0.1) is 11.3 Å². The molecular formula is C10H4ClF3N4. The van der Waals surface area contributed by atoms with E-state index in [0.29, 0.717) is 0 Å². The molecule has 0 aliphatic carbocycles. The van der Waals surface area contributed by atoms with Crippen molar-refractivity contribution >= 4 is 11.6 Å². The Balaban J connectivity index is 2.66. The molecule has 0 atom stereocenters. The Kier molecular flexibility index (Phi) is 2.97. The van der Waals surface area contributed by atoms with Gasteiger partial charge < -0.3 is 0 Å². The Hall–Kier alpha value is -2.07. The quantitative estimate of drug-likeness (QED) is 0.802. The summed E-state index contributed by atoms with van der Waals surface area (Å²) >= 11 is 5.71. The second kappa shape index (κ2) is 4.31. The molecule has 2 aromatic rings. The lowest BCUT2D eigenvalue weighted by Crippen LogP contribution is -2.09. The van der Waals surface area contributed by atoms with Gasteiger partial charge in [0.2, 0.25) is 0 Å². The zero-order valence-corrected chi connectivity index (χ0v) is 9.37. The van der Waals surface area contributed by atoms with Gasteiger partial charge in [0.1, 0.15) is 11.6 Å². The smallest absolute Gasteiger partial charge is 0.237 e. The summed E-state index contributed by atoms with van der Waals surface area (Å²) in [5.41, 5.74) is -2.03. The number of aromatic nitrogens is 3. The molecule has 0 aliphatic heterocycles. The molecule has 0 bridgehead atoms. The molecule has 4 nitrogen and oxygen atoms in total. The zero-order chi connectivity index (χ0) is 13.3. The van der Waals surface area contributed by atoms with E-state index in [1.54, 1.807) is 12.1 Å². The molecule has 2 rings (SSSR count). The summed E-state index contributed by atoms with van der Waals surface area (Å²) < 4.78 is 38.7. The van der Waals surface area contributed by atoms with Gasteiger partial charge >= 0.3 is 6.18 Å². The predicted molar refractivity (Wildman–Crippen MR) is 56.1 cm³/mol. The molecule has 0 radical (unpaired) electrons. The molecule has 0 N–H and O–H groups in total. The number of pyridine rings is 1. The van der Waals surface area contributed by atoms with Gasteiger partial charge in [-0.25, -0.2) is 9.67 Å². The standard InChI is InChI=1S/C10H4ClF3N4/c11-9-6(5-15)8(10(12,13)14)17-18(9)7-3-1-2-4-16-7/h1-4H. The number of hydrogen-bond donors (Lipinski definition) is 0. The van der Waals surface area contributed by atoms with Crippen LogP contribution in [0.5, 0.6) is 0 Å². The molecule has 0 saturated carbocycles. The topological polar surface area (TPSA) is 54.5 Å². The Morgan fingerprint density at radius 3 is 2.50 bits per heavy atom. The normalized spacial score (nSPS) is 11.3. The first-order valence-electron chi connectivity index (χ1n) is 4.62. The monoisotopic (exact) mass is 272 g/mol. The lowest BCUT2D eigenvalue weighted by atomic mass is 10.2. The number of alkyl halides is 3. The maximum Gasteiger partial charge on any atom is 0.436 e. The maximum absolute atomic E-state index is 12.6. The minimum atomic E-state index is -4.74. The van der Waals surface area contributed by atoms with Crippen LogP contribution >= 0.6 is 11.6 Å². The molecule has 0 fully saturated rings. The summed E-state index contributed by atoms with van der Waals surface area (Å²) in [5.74, 6) is 0.106. The molecule has 0 saturated heterocycles. The molecule has 0 amide bonds. The minimum Gasteiger partial charge on any atom is -0.237 e. The highest BCUT2D eigenvalue weighted by atomic mass is 35.5. The fourth-order valence-corrected chi connectivity index (χ4v) is 1.58. The summed E-state index contributed by atoms with van der Waals surface area (Å²) in [6.45, 7) is 0. The van der Waals surface area contributed by atoms with E-state index in [0.717, 1.165) is 4.68 Å². The third kappa shape index (κ3) is 2.02. The number of rotatable bonds is 1. The van der Waals surface area contributed by atoms with Crippen LogP contribution < -0.4 is 0 Å². The van der Waals surface area contributed by atoms with Crippen LogP contribution in [-0.2, 0) is 6.18 Å². The summed E-state index contributed by atoms with van der Waals surface area (Å²) in [5, 5.41) is 11.6. The van der Waals surface area contributed by atoms with Gasteiger partial charge in [-0.3, -0.25) is 0 Å². The first kappa shape index (κ1) is 12.4. The first-order valence-corrected chi connectivity index (χ1v) is 5.00. The van der Waals surface area contributed by atoms with Crippen LogP contribution in [-0.4, -0.2) is 14.8 Å². The predicted octanol–water partition coefficient (Wildman–Crippen LogP) is 2.81. The molecule has 2 aromatic heterocycles. The summed E-state index contributed by atoms with van der Waals surface area (Å²) in [6, 6.07) is 5.99. The molecular weight excluding hydrogens is 269 g/mol. The fraction of sp³-hybridized carbons (Fsp3) is 0.100. The van der Waals surface area contributed by atoms with E-state index in [2.05, 4.69) is 10.1 Å². The number of hydrogen-bond acceptors (Lipinski definition) is 3. The van der Waals surface area contributed by atoms with Crippen molar-refractivity contribution in [3.63, 3.8) is 0 Å². The van der Waals surface area contributed by atoms with Crippen molar-refractivity contribution in [1.29, 1.82) is 5.26 Å². The van der Waals surface area contributed by atoms with Gasteiger partial charge in [0, 0.05) is 6.20 Å². The van der Waals surface area contributed by atoms with Crippen LogP contribution in [0.15, 0.2) is 24.4 Å². The molecule has 0 aromatic carbocycles. The van der Waals surface area contributed by atoms with Crippen molar-refractivity contribution in [2.75, 3.05) is 0 Å². The van der Waals surface area contributed by atoms with Gasteiger partial charge in [0.15, 0.2) is 16.7 Å². The highest BCUT2D eigenvalue weighted by molar-refractivity contribution is 6.31. The average Bonchev–Trinajstić information content (AvgIpc) is 2.67. The molecule has 2 heterocycles. The van der Waals surface area contributed by atoms with E-state index in [1.807, 2.05) is 0 Å². The number of halogens is 4. The molecule has 0 spiro atoms. The molecule has 0 unspecified atom stereocenters. The van der Waals surface area contributed by atoms with Crippen molar-refractivity contribution in [2.45, 2.75) is 6.18 Å². The van der Waals surface area contributed by atoms with Crippen LogP contribution in [0.1, 0.15) is 11.3 Å². The van der Waals surface area contributed by atoms with Gasteiger partial charge in [-0.2, -0.15) is 23.5 Å². The van der Waals surface area contributed by atoms with E-state index in [1.165, 1.54) is 18.3 Å². The molecule has 8 heteroatoms. The lowest BCUT2D eigenvalue weighted by molar-refractivity contribution is -0.141. The van der Waals surface area contributed by atoms with Crippen molar-refractivity contribution in [3.05, 3.63) is 40.8 Å². The van der Waals surface area contributed by atoms with E-state index in [4.69, 9.17) is 16.9 Å². The van der Waals surface area contributed by atoms with E-state index < -0.39 is 22.6 Å². The Morgan fingerprint density at radius 2 is 2.06 bits per heavy atom. The minimum absolute atomic E-state index is 0.106. The largest absolute Gasteiger partial charge is 0.436 e. The second-order valence-corrected chi connectivity index (χ2v) is 3.58. The molecule has 92 valence electrons. The molecule has 18 heavy (non-hydrogen) atoms. The molecule has 0 aliphatic rings. The van der Waals surface area contributed by atoms with Crippen LogP contribution in [0.2, 0.25) is 5.15 Å². The fourth-order valence-electron chi connectivity index (χ4n) is 1.33. The number of nitriles is 1. The maximum atomic E-state index is 12.6. The zero-order valence-electron chi connectivity index (χ0n) is 8.61. The van der Waals surface area contributed by atoms with Gasteiger partial charge in [-0.05, 0) is 12.1 Å². The third-order valence-corrected chi connectivity index (χ3v) is 2.42. The number of nitrogens with zero attached hydrogens (tertiary/aromatic N) is 4. The third-order valence-electron chi connectivity index (χ3n) is 2.08. The summed E-state index contributed by atoms with van der Waals surface area (Å²) in [4.78, 5) is 3.82. The first-order chi connectivity index (χ1) is 8.45. The summed E-state index contributed by atoms with van der Waals surface area (Å²) in [7, 11) is 0. The van der Waals surface area contributed by atoms with Crippen LogP contribution in [0.4, 0.5) is 13.2 Å². The van der Waals surface area contributed by atoms with Gasteiger partial charge in [0.05, 0.1) is 0 Å². The van der Waals surface area contributed by atoms with Gasteiger partial charge in [-0.15, -0.1) is 0 Å². The Labute approximate surface area is 104 Å². The SMILES string of the molecule is N#Cc1c(C(F)(F)F)nn(-c2ccccn2)c1Cl. The van der Waals surface area contributed by atoms with Gasteiger partial charge in [0.25, 0.3) is 0 Å². The van der Waals surface area contributed by atoms with Crippen LogP contribution in [0.25, 0.3) is 5.82 Å². The van der Waals surface area contributed by atoms with Crippen LogP contribution in [0.3, 0.4) is 0 Å². The highest BCUT2D eigenvalue weighted by Gasteiger charge is 2.39. The highest BCUT2D eigenvalue weighted by Crippen LogP contribution is 2.34. The second-order valence-electron chi connectivity index (χ2n) is 3.22. The van der Waals surface area contributed by atoms with E-state index in [9.17, 15) is 13.2 Å². The van der Waals surface area contributed by atoms with E-state index in [-0.39, 0.29) is 5.82 Å². The lowest BCUT2D eigenvalue weighted by Gasteiger charge is -2.01. The summed E-state index contributed by atoms with van der Waals surface area (Å²) in [6.07, 6.45) is -3.36. The van der Waals surface area contributed by atoms with Crippen molar-refractivity contribution in [1.82, 2.24) is 14.8 Å². The van der Waals surface area contributed by atoms with E-state index >= 15 is 0 Å². The van der Waals surface area contributed by atoms with Gasteiger partial charge in [-0.1, -0.05) is 17.7 Å². The average molecular weight is 273 g/mol. The van der Waals surface area contributed by atoms with Crippen molar-refractivity contribution < 1.29 is 13.2 Å². The van der Waals surface area contributed by atoms with Crippen molar-refractivity contribution in [2.24, 2.45) is 0 Å². The van der Waals surface area contributed by atoms with Crippen molar-refractivity contribution in [3.8, 4) is 11.9 Å². The Morgan fingerprint density at radius 1 is 1.33 bits per heavy atom. The Bertz CT molecular complexity index is 613.